The molecule has 10 heteroatoms. The maximum Gasteiger partial charge on any atom is 0.401 e. The van der Waals surface area contributed by atoms with Crippen LogP contribution in [0.2, 0.25) is 0 Å². The largest absolute Gasteiger partial charge is 0.401 e. The number of likely N-dealkylation sites (tertiary alicyclic amines) is 1. The van der Waals surface area contributed by atoms with Crippen LogP contribution in [0.15, 0.2) is 23.5 Å². The number of rotatable bonds is 7. The summed E-state index contributed by atoms with van der Waals surface area (Å²) in [6.45, 7) is 4.10. The Morgan fingerprint density at radius 3 is 2.84 bits per heavy atom. The Bertz CT molecular complexity index is 506. The van der Waals surface area contributed by atoms with Gasteiger partial charge in [0.2, 0.25) is 0 Å². The molecule has 0 radical (unpaired) electrons. The normalized spacial score (nSPS) is 18.9. The van der Waals surface area contributed by atoms with Gasteiger partial charge in [0.15, 0.2) is 5.96 Å². The van der Waals surface area contributed by atoms with Gasteiger partial charge in [-0.3, -0.25) is 14.6 Å². The lowest BCUT2D eigenvalue weighted by Crippen LogP contribution is -2.45. The van der Waals surface area contributed by atoms with E-state index in [1.807, 2.05) is 23.9 Å². The highest BCUT2D eigenvalue weighted by atomic mass is 127. The molecule has 1 unspecified atom stereocenters. The van der Waals surface area contributed by atoms with Gasteiger partial charge < -0.3 is 10.6 Å². The molecule has 1 fully saturated rings. The number of aromatic nitrogens is 2. The number of nitrogens with zero attached hydrogens (tertiary/aromatic N) is 4. The van der Waals surface area contributed by atoms with Gasteiger partial charge >= 0.3 is 6.18 Å². The standard InChI is InChI=1S/C15H25F3N6.HI/c1-2-19-14(20-6-3-8-24-9-4-7-21-24)22-13-5-10-23(11-13)12-15(16,17)18;/h4,7,9,13H,2-3,5-6,8,10-12H2,1H3,(H2,19,20,22);1H. The number of guanidine groups is 1. The zero-order chi connectivity index (χ0) is 17.4. The fourth-order valence-corrected chi connectivity index (χ4v) is 2.72. The topological polar surface area (TPSA) is 57.5 Å². The van der Waals surface area contributed by atoms with Crippen molar-refractivity contribution in [1.82, 2.24) is 25.3 Å². The van der Waals surface area contributed by atoms with Crippen LogP contribution in [0.25, 0.3) is 0 Å². The zero-order valence-corrected chi connectivity index (χ0v) is 16.6. The highest BCUT2D eigenvalue weighted by Gasteiger charge is 2.34. The van der Waals surface area contributed by atoms with Crippen LogP contribution in [0.1, 0.15) is 19.8 Å². The van der Waals surface area contributed by atoms with E-state index in [-0.39, 0.29) is 30.0 Å². The predicted octanol–water partition coefficient (Wildman–Crippen LogP) is 2.08. The van der Waals surface area contributed by atoms with Gasteiger partial charge in [-0.1, -0.05) is 0 Å². The third-order valence-electron chi connectivity index (χ3n) is 3.73. The molecule has 6 nitrogen and oxygen atoms in total. The van der Waals surface area contributed by atoms with Crippen LogP contribution in [-0.4, -0.2) is 65.6 Å². The Kier molecular flexibility index (Phi) is 9.54. The van der Waals surface area contributed by atoms with Crippen molar-refractivity contribution < 1.29 is 13.2 Å². The molecule has 0 spiro atoms. The molecular formula is C15H26F3IN6. The summed E-state index contributed by atoms with van der Waals surface area (Å²) in [4.78, 5) is 5.92. The average Bonchev–Trinajstić information content (AvgIpc) is 3.14. The van der Waals surface area contributed by atoms with Crippen LogP contribution < -0.4 is 10.6 Å². The van der Waals surface area contributed by atoms with Gasteiger partial charge in [0.1, 0.15) is 0 Å². The minimum absolute atomic E-state index is 0. The van der Waals surface area contributed by atoms with Crippen molar-refractivity contribution in [2.45, 2.75) is 38.5 Å². The summed E-state index contributed by atoms with van der Waals surface area (Å²) in [5.41, 5.74) is 0. The fraction of sp³-hybridized carbons (Fsp3) is 0.733. The molecular weight excluding hydrogens is 448 g/mol. The fourth-order valence-electron chi connectivity index (χ4n) is 2.72. The van der Waals surface area contributed by atoms with Crippen LogP contribution in [-0.2, 0) is 6.54 Å². The number of hydrogen-bond acceptors (Lipinski definition) is 3. The minimum atomic E-state index is -4.14. The monoisotopic (exact) mass is 474 g/mol. The van der Waals surface area contributed by atoms with E-state index in [0.717, 1.165) is 13.0 Å². The van der Waals surface area contributed by atoms with Crippen molar-refractivity contribution in [2.75, 3.05) is 32.7 Å². The highest BCUT2D eigenvalue weighted by Crippen LogP contribution is 2.19. The first-order chi connectivity index (χ1) is 11.5. The molecule has 2 rings (SSSR count). The maximum absolute atomic E-state index is 12.4. The molecule has 1 saturated heterocycles. The quantitative estimate of drug-likeness (QED) is 0.275. The van der Waals surface area contributed by atoms with Crippen LogP contribution in [0.4, 0.5) is 13.2 Å². The summed E-state index contributed by atoms with van der Waals surface area (Å²) in [5.74, 6) is 0.664. The van der Waals surface area contributed by atoms with Crippen molar-refractivity contribution in [1.29, 1.82) is 0 Å². The van der Waals surface area contributed by atoms with E-state index in [9.17, 15) is 13.2 Å². The van der Waals surface area contributed by atoms with Crippen LogP contribution in [0.3, 0.4) is 0 Å². The Hall–Kier alpha value is -1.04. The second-order valence-electron chi connectivity index (χ2n) is 5.86. The van der Waals surface area contributed by atoms with Crippen molar-refractivity contribution in [3.8, 4) is 0 Å². The van der Waals surface area contributed by atoms with Gasteiger partial charge in [-0.25, -0.2) is 0 Å². The molecule has 25 heavy (non-hydrogen) atoms. The number of halogens is 4. The van der Waals surface area contributed by atoms with Crippen LogP contribution in [0.5, 0.6) is 0 Å². The van der Waals surface area contributed by atoms with Crippen LogP contribution in [0, 0.1) is 0 Å². The number of aliphatic imine (C=N–C) groups is 1. The van der Waals surface area contributed by atoms with E-state index in [2.05, 4.69) is 20.7 Å². The Balaban J connectivity index is 0.00000312. The van der Waals surface area contributed by atoms with E-state index >= 15 is 0 Å². The van der Waals surface area contributed by atoms with Crippen molar-refractivity contribution >= 4 is 29.9 Å². The lowest BCUT2D eigenvalue weighted by Gasteiger charge is -2.19. The first kappa shape index (κ1) is 22.0. The minimum Gasteiger partial charge on any atom is -0.357 e. The number of hydrogen-bond donors (Lipinski definition) is 2. The van der Waals surface area contributed by atoms with E-state index in [0.29, 0.717) is 38.6 Å². The zero-order valence-electron chi connectivity index (χ0n) is 14.3. The molecule has 1 aliphatic heterocycles. The Labute approximate surface area is 163 Å². The van der Waals surface area contributed by atoms with Gasteiger partial charge in [-0.15, -0.1) is 24.0 Å². The number of nitrogens with one attached hydrogen (secondary N) is 2. The highest BCUT2D eigenvalue weighted by molar-refractivity contribution is 14.0. The second-order valence-corrected chi connectivity index (χ2v) is 5.86. The molecule has 0 aromatic carbocycles. The van der Waals surface area contributed by atoms with E-state index in [4.69, 9.17) is 0 Å². The van der Waals surface area contributed by atoms with Gasteiger partial charge in [0, 0.05) is 51.2 Å². The molecule has 144 valence electrons. The molecule has 0 aliphatic carbocycles. The molecule has 1 aromatic heterocycles. The molecule has 1 aromatic rings. The molecule has 2 N–H and O–H groups in total. The second kappa shape index (κ2) is 10.8. The summed E-state index contributed by atoms with van der Waals surface area (Å²) >= 11 is 0. The van der Waals surface area contributed by atoms with E-state index in [1.54, 1.807) is 6.20 Å². The molecule has 1 aliphatic rings. The molecule has 0 amide bonds. The van der Waals surface area contributed by atoms with Gasteiger partial charge in [0.05, 0.1) is 6.54 Å². The van der Waals surface area contributed by atoms with E-state index in [1.165, 1.54) is 4.90 Å². The summed E-state index contributed by atoms with van der Waals surface area (Å²) in [6, 6.07) is 1.87. The van der Waals surface area contributed by atoms with Gasteiger partial charge in [-0.2, -0.15) is 18.3 Å². The van der Waals surface area contributed by atoms with Crippen LogP contribution >= 0.6 is 24.0 Å². The third kappa shape index (κ3) is 8.75. The molecule has 0 saturated carbocycles. The lowest BCUT2D eigenvalue weighted by molar-refractivity contribution is -0.143. The number of aryl methyl sites for hydroxylation is 1. The summed E-state index contributed by atoms with van der Waals surface area (Å²) in [6.07, 6.45) is 1.04. The first-order valence-electron chi connectivity index (χ1n) is 8.27. The SMILES string of the molecule is CCNC(=NCCCn1cccn1)NC1CCN(CC(F)(F)F)C1.I. The number of alkyl halides is 3. The van der Waals surface area contributed by atoms with E-state index < -0.39 is 12.7 Å². The lowest BCUT2D eigenvalue weighted by atomic mass is 10.3. The van der Waals surface area contributed by atoms with Crippen molar-refractivity contribution in [3.63, 3.8) is 0 Å². The summed E-state index contributed by atoms with van der Waals surface area (Å²) in [7, 11) is 0. The first-order valence-corrected chi connectivity index (χ1v) is 8.27. The summed E-state index contributed by atoms with van der Waals surface area (Å²) < 4.78 is 39.2. The van der Waals surface area contributed by atoms with Crippen molar-refractivity contribution in [3.05, 3.63) is 18.5 Å². The Morgan fingerprint density at radius 1 is 1.40 bits per heavy atom. The third-order valence-corrected chi connectivity index (χ3v) is 3.73. The summed E-state index contributed by atoms with van der Waals surface area (Å²) in [5, 5.41) is 10.5. The van der Waals surface area contributed by atoms with Gasteiger partial charge in [-0.05, 0) is 25.8 Å². The predicted molar refractivity (Wildman–Crippen MR) is 102 cm³/mol. The molecule has 0 bridgehead atoms. The average molecular weight is 474 g/mol. The Morgan fingerprint density at radius 2 is 2.20 bits per heavy atom. The smallest absolute Gasteiger partial charge is 0.357 e. The maximum atomic E-state index is 12.4. The van der Waals surface area contributed by atoms with Crippen molar-refractivity contribution in [2.24, 2.45) is 4.99 Å². The molecule has 2 heterocycles. The molecule has 1 atom stereocenters. The van der Waals surface area contributed by atoms with Gasteiger partial charge in [0.25, 0.3) is 0 Å².